The summed E-state index contributed by atoms with van der Waals surface area (Å²) in [6.07, 6.45) is -3.48. The molecule has 0 unspecified atom stereocenters. The molecule has 2 rings (SSSR count). The Morgan fingerprint density at radius 1 is 1.09 bits per heavy atom. The largest absolute Gasteiger partial charge is 0.416 e. The molecule has 0 bridgehead atoms. The van der Waals surface area contributed by atoms with Crippen LogP contribution in [-0.4, -0.2) is 5.91 Å². The molecule has 0 aliphatic heterocycles. The predicted molar refractivity (Wildman–Crippen MR) is 84.5 cm³/mol. The zero-order chi connectivity index (χ0) is 17.0. The van der Waals surface area contributed by atoms with E-state index in [2.05, 4.69) is 19.2 Å². The van der Waals surface area contributed by atoms with Gasteiger partial charge in [-0.15, -0.1) is 0 Å². The van der Waals surface area contributed by atoms with Crippen LogP contribution in [0.3, 0.4) is 0 Å². The lowest BCUT2D eigenvalue weighted by molar-refractivity contribution is -0.137. The highest BCUT2D eigenvalue weighted by Crippen LogP contribution is 2.30. The Morgan fingerprint density at radius 2 is 1.70 bits per heavy atom. The van der Waals surface area contributed by atoms with Crippen molar-refractivity contribution in [3.8, 4) is 0 Å². The Morgan fingerprint density at radius 3 is 2.26 bits per heavy atom. The van der Waals surface area contributed by atoms with Gasteiger partial charge in [-0.3, -0.25) is 4.79 Å². The van der Waals surface area contributed by atoms with Gasteiger partial charge in [0.2, 0.25) is 0 Å². The second-order valence-corrected chi connectivity index (χ2v) is 5.43. The van der Waals surface area contributed by atoms with Crippen LogP contribution in [0.25, 0.3) is 0 Å². The SMILES string of the molecule is CC[C@@H](C)c1ccccc1NC(=O)c1ccc(C(F)(F)F)cc1. The molecule has 0 saturated heterocycles. The van der Waals surface area contributed by atoms with Crippen molar-refractivity contribution in [3.05, 3.63) is 65.2 Å². The van der Waals surface area contributed by atoms with E-state index in [9.17, 15) is 18.0 Å². The fourth-order valence-corrected chi connectivity index (χ4v) is 2.27. The van der Waals surface area contributed by atoms with Crippen LogP contribution in [0.2, 0.25) is 0 Å². The van der Waals surface area contributed by atoms with Gasteiger partial charge in [-0.05, 0) is 48.2 Å². The first-order valence-corrected chi connectivity index (χ1v) is 7.40. The lowest BCUT2D eigenvalue weighted by Crippen LogP contribution is -2.14. The lowest BCUT2D eigenvalue weighted by atomic mass is 9.96. The van der Waals surface area contributed by atoms with Crippen molar-refractivity contribution < 1.29 is 18.0 Å². The maximum atomic E-state index is 12.5. The molecule has 1 N–H and O–H groups in total. The van der Waals surface area contributed by atoms with Gasteiger partial charge in [0.05, 0.1) is 5.56 Å². The van der Waals surface area contributed by atoms with Crippen molar-refractivity contribution in [1.29, 1.82) is 0 Å². The molecular formula is C18H18F3NO. The third-order valence-corrected chi connectivity index (χ3v) is 3.83. The highest BCUT2D eigenvalue weighted by molar-refractivity contribution is 6.04. The number of hydrogen-bond acceptors (Lipinski definition) is 1. The molecule has 0 radical (unpaired) electrons. The Kier molecular flexibility index (Phi) is 5.08. The Balaban J connectivity index is 2.20. The molecule has 1 atom stereocenters. The maximum absolute atomic E-state index is 12.5. The van der Waals surface area contributed by atoms with Crippen LogP contribution in [0.5, 0.6) is 0 Å². The smallest absolute Gasteiger partial charge is 0.322 e. The van der Waals surface area contributed by atoms with Gasteiger partial charge in [-0.1, -0.05) is 32.0 Å². The molecule has 0 spiro atoms. The summed E-state index contributed by atoms with van der Waals surface area (Å²) >= 11 is 0. The summed E-state index contributed by atoms with van der Waals surface area (Å²) in [4.78, 5) is 12.2. The van der Waals surface area contributed by atoms with E-state index >= 15 is 0 Å². The van der Waals surface area contributed by atoms with Gasteiger partial charge in [0.1, 0.15) is 0 Å². The summed E-state index contributed by atoms with van der Waals surface area (Å²) in [5.74, 6) is -0.145. The van der Waals surface area contributed by atoms with Crippen LogP contribution < -0.4 is 5.32 Å². The number of amides is 1. The van der Waals surface area contributed by atoms with E-state index in [0.717, 1.165) is 24.1 Å². The van der Waals surface area contributed by atoms with Gasteiger partial charge in [-0.25, -0.2) is 0 Å². The zero-order valence-electron chi connectivity index (χ0n) is 12.9. The first-order chi connectivity index (χ1) is 10.8. The molecule has 122 valence electrons. The number of carbonyl (C=O) groups is 1. The van der Waals surface area contributed by atoms with Crippen LogP contribution in [-0.2, 0) is 6.18 Å². The number of alkyl halides is 3. The number of rotatable bonds is 4. The lowest BCUT2D eigenvalue weighted by Gasteiger charge is -2.15. The van der Waals surface area contributed by atoms with E-state index in [1.165, 1.54) is 12.1 Å². The van der Waals surface area contributed by atoms with Crippen molar-refractivity contribution in [2.45, 2.75) is 32.4 Å². The van der Waals surface area contributed by atoms with Crippen molar-refractivity contribution in [2.24, 2.45) is 0 Å². The molecule has 2 aromatic carbocycles. The average Bonchev–Trinajstić information content (AvgIpc) is 2.54. The third kappa shape index (κ3) is 4.12. The molecule has 0 saturated carbocycles. The highest BCUT2D eigenvalue weighted by atomic mass is 19.4. The van der Waals surface area contributed by atoms with Gasteiger partial charge < -0.3 is 5.32 Å². The first kappa shape index (κ1) is 17.1. The molecular weight excluding hydrogens is 303 g/mol. The summed E-state index contributed by atoms with van der Waals surface area (Å²) in [6, 6.07) is 11.6. The Hall–Kier alpha value is -2.30. The molecule has 0 aliphatic rings. The van der Waals surface area contributed by atoms with Gasteiger partial charge >= 0.3 is 6.18 Å². The van der Waals surface area contributed by atoms with Crippen molar-refractivity contribution in [1.82, 2.24) is 0 Å². The predicted octanol–water partition coefficient (Wildman–Crippen LogP) is 5.47. The highest BCUT2D eigenvalue weighted by Gasteiger charge is 2.30. The number of carbonyl (C=O) groups excluding carboxylic acids is 1. The van der Waals surface area contributed by atoms with Crippen LogP contribution in [0.1, 0.15) is 47.7 Å². The van der Waals surface area contributed by atoms with E-state index in [1.54, 1.807) is 6.07 Å². The van der Waals surface area contributed by atoms with E-state index in [0.29, 0.717) is 5.69 Å². The van der Waals surface area contributed by atoms with Gasteiger partial charge in [0.15, 0.2) is 0 Å². The van der Waals surface area contributed by atoms with Crippen LogP contribution >= 0.6 is 0 Å². The van der Waals surface area contributed by atoms with Crippen molar-refractivity contribution >= 4 is 11.6 Å². The van der Waals surface area contributed by atoms with Crippen LogP contribution in [0.4, 0.5) is 18.9 Å². The Labute approximate surface area is 133 Å². The molecule has 23 heavy (non-hydrogen) atoms. The van der Waals surface area contributed by atoms with Crippen LogP contribution in [0.15, 0.2) is 48.5 Å². The topological polar surface area (TPSA) is 29.1 Å². The van der Waals surface area contributed by atoms with Gasteiger partial charge in [0, 0.05) is 11.3 Å². The molecule has 0 aliphatic carbocycles. The molecule has 2 aromatic rings. The summed E-state index contributed by atoms with van der Waals surface area (Å²) in [5.41, 5.74) is 1.12. The number of benzene rings is 2. The molecule has 2 nitrogen and oxygen atoms in total. The minimum Gasteiger partial charge on any atom is -0.322 e. The molecule has 0 heterocycles. The number of halogens is 3. The average molecular weight is 321 g/mol. The van der Waals surface area contributed by atoms with E-state index in [-0.39, 0.29) is 11.5 Å². The number of hydrogen-bond donors (Lipinski definition) is 1. The quantitative estimate of drug-likeness (QED) is 0.794. The first-order valence-electron chi connectivity index (χ1n) is 7.40. The van der Waals surface area contributed by atoms with E-state index in [1.807, 2.05) is 18.2 Å². The molecule has 0 fully saturated rings. The minimum absolute atomic E-state index is 0.192. The normalized spacial score (nSPS) is 12.7. The number of para-hydroxylation sites is 1. The maximum Gasteiger partial charge on any atom is 0.416 e. The monoisotopic (exact) mass is 321 g/mol. The fraction of sp³-hybridized carbons (Fsp3) is 0.278. The number of anilines is 1. The fourth-order valence-electron chi connectivity index (χ4n) is 2.27. The van der Waals surface area contributed by atoms with Gasteiger partial charge in [0.25, 0.3) is 5.91 Å². The molecule has 0 aromatic heterocycles. The van der Waals surface area contributed by atoms with Crippen LogP contribution in [0, 0.1) is 0 Å². The molecule has 5 heteroatoms. The van der Waals surface area contributed by atoms with E-state index < -0.39 is 17.6 Å². The van der Waals surface area contributed by atoms with Crippen molar-refractivity contribution in [2.75, 3.05) is 5.32 Å². The second-order valence-electron chi connectivity index (χ2n) is 5.43. The second kappa shape index (κ2) is 6.86. The Bertz CT molecular complexity index is 677. The minimum atomic E-state index is -4.40. The third-order valence-electron chi connectivity index (χ3n) is 3.83. The van der Waals surface area contributed by atoms with Gasteiger partial charge in [-0.2, -0.15) is 13.2 Å². The standard InChI is InChI=1S/C18H18F3NO/c1-3-12(2)15-6-4-5-7-16(15)22-17(23)13-8-10-14(11-9-13)18(19,20)21/h4-12H,3H2,1-2H3,(H,22,23)/t12-/m1/s1. The van der Waals surface area contributed by atoms with Crippen molar-refractivity contribution in [3.63, 3.8) is 0 Å². The summed E-state index contributed by atoms with van der Waals surface area (Å²) in [6.45, 7) is 4.11. The summed E-state index contributed by atoms with van der Waals surface area (Å²) in [7, 11) is 0. The number of nitrogens with one attached hydrogen (secondary N) is 1. The summed E-state index contributed by atoms with van der Waals surface area (Å²) < 4.78 is 37.6. The zero-order valence-corrected chi connectivity index (χ0v) is 12.9. The molecule has 1 amide bonds. The van der Waals surface area contributed by atoms with E-state index in [4.69, 9.17) is 0 Å². The summed E-state index contributed by atoms with van der Waals surface area (Å²) in [5, 5.41) is 2.78.